The Morgan fingerprint density at radius 1 is 1.20 bits per heavy atom. The van der Waals surface area contributed by atoms with E-state index in [1.807, 2.05) is 31.7 Å². The second kappa shape index (κ2) is 12.1. The van der Waals surface area contributed by atoms with Crippen molar-refractivity contribution in [1.29, 1.82) is 0 Å². The van der Waals surface area contributed by atoms with E-state index in [1.165, 1.54) is 4.90 Å². The quantitative estimate of drug-likeness (QED) is 0.201. The molecule has 1 aromatic heterocycles. The van der Waals surface area contributed by atoms with Crippen LogP contribution in [0.2, 0.25) is 0 Å². The minimum absolute atomic E-state index is 0. The smallest absolute Gasteiger partial charge is 0.228 e. The molecule has 6 nitrogen and oxygen atoms in total. The predicted molar refractivity (Wildman–Crippen MR) is 114 cm³/mol. The third-order valence-electron chi connectivity index (χ3n) is 3.26. The molecule has 2 rings (SSSR count). The molecule has 138 valence electrons. The van der Waals surface area contributed by atoms with Crippen LogP contribution in [0.5, 0.6) is 0 Å². The standard InChI is InChI=1S/C17H25N5OS.HI/c1-13(2)16-21-15(23-22-16)9-10-19-17(18-3)20-11-12-24-14-7-5-4-6-8-14;/h4-8,13H,9-12H2,1-3H3,(H2,18,19,20);1H. The van der Waals surface area contributed by atoms with Gasteiger partial charge in [0.2, 0.25) is 5.89 Å². The minimum atomic E-state index is 0. The molecule has 1 aromatic carbocycles. The van der Waals surface area contributed by atoms with Crippen molar-refractivity contribution in [3.8, 4) is 0 Å². The first-order chi connectivity index (χ1) is 11.7. The van der Waals surface area contributed by atoms with Gasteiger partial charge in [-0.1, -0.05) is 37.2 Å². The number of nitrogens with zero attached hydrogens (tertiary/aromatic N) is 3. The summed E-state index contributed by atoms with van der Waals surface area (Å²) in [4.78, 5) is 9.85. The molecule has 0 amide bonds. The number of hydrogen-bond acceptors (Lipinski definition) is 5. The van der Waals surface area contributed by atoms with Crippen molar-refractivity contribution in [2.24, 2.45) is 4.99 Å². The number of benzene rings is 1. The molecular weight excluding hydrogens is 449 g/mol. The molecule has 0 aliphatic heterocycles. The zero-order valence-electron chi connectivity index (χ0n) is 14.9. The molecule has 0 saturated carbocycles. The molecule has 0 atom stereocenters. The Bertz CT molecular complexity index is 633. The zero-order chi connectivity index (χ0) is 17.2. The number of aromatic nitrogens is 2. The van der Waals surface area contributed by atoms with Gasteiger partial charge in [-0.25, -0.2) is 0 Å². The lowest BCUT2D eigenvalue weighted by molar-refractivity contribution is 0.371. The molecule has 8 heteroatoms. The number of hydrogen-bond donors (Lipinski definition) is 2. The van der Waals surface area contributed by atoms with Gasteiger partial charge in [-0.3, -0.25) is 4.99 Å². The third kappa shape index (κ3) is 8.08. The summed E-state index contributed by atoms with van der Waals surface area (Å²) in [6.45, 7) is 5.64. The number of guanidine groups is 1. The normalized spacial score (nSPS) is 11.3. The van der Waals surface area contributed by atoms with E-state index in [0.717, 1.165) is 24.1 Å². The van der Waals surface area contributed by atoms with Gasteiger partial charge in [-0.15, -0.1) is 35.7 Å². The number of rotatable bonds is 8. The van der Waals surface area contributed by atoms with Crippen molar-refractivity contribution in [2.75, 3.05) is 25.9 Å². The van der Waals surface area contributed by atoms with E-state index in [0.29, 0.717) is 18.9 Å². The SMILES string of the molecule is CN=C(NCCSc1ccccc1)NCCc1nc(C(C)C)no1.I. The molecule has 2 aromatic rings. The zero-order valence-corrected chi connectivity index (χ0v) is 18.0. The van der Waals surface area contributed by atoms with Gasteiger partial charge >= 0.3 is 0 Å². The molecule has 0 aliphatic rings. The Kier molecular flexibility index (Phi) is 10.6. The van der Waals surface area contributed by atoms with Gasteiger partial charge in [0.15, 0.2) is 11.8 Å². The summed E-state index contributed by atoms with van der Waals surface area (Å²) in [6, 6.07) is 10.4. The molecule has 2 N–H and O–H groups in total. The molecule has 0 fully saturated rings. The number of halogens is 1. The molecule has 0 radical (unpaired) electrons. The van der Waals surface area contributed by atoms with Crippen molar-refractivity contribution in [3.63, 3.8) is 0 Å². The fraction of sp³-hybridized carbons (Fsp3) is 0.471. The van der Waals surface area contributed by atoms with Crippen LogP contribution in [0.1, 0.15) is 31.5 Å². The topological polar surface area (TPSA) is 75.3 Å². The van der Waals surface area contributed by atoms with Crippen molar-refractivity contribution in [3.05, 3.63) is 42.0 Å². The summed E-state index contributed by atoms with van der Waals surface area (Å²) in [5.74, 6) is 3.46. The van der Waals surface area contributed by atoms with Crippen molar-refractivity contribution in [2.45, 2.75) is 31.1 Å². The maximum atomic E-state index is 5.22. The Hall–Kier alpha value is -1.29. The number of thioether (sulfide) groups is 1. The molecule has 0 spiro atoms. The van der Waals surface area contributed by atoms with Gasteiger partial charge in [-0.2, -0.15) is 4.98 Å². The van der Waals surface area contributed by atoms with Gasteiger partial charge in [0, 0.05) is 43.1 Å². The largest absolute Gasteiger partial charge is 0.356 e. The van der Waals surface area contributed by atoms with Crippen LogP contribution < -0.4 is 10.6 Å². The van der Waals surface area contributed by atoms with Crippen LogP contribution in [-0.4, -0.2) is 42.0 Å². The average Bonchev–Trinajstić information content (AvgIpc) is 3.07. The highest BCUT2D eigenvalue weighted by molar-refractivity contribution is 14.0. The Morgan fingerprint density at radius 2 is 1.92 bits per heavy atom. The van der Waals surface area contributed by atoms with Gasteiger partial charge in [-0.05, 0) is 12.1 Å². The number of nitrogens with one attached hydrogen (secondary N) is 2. The first-order valence-corrected chi connectivity index (χ1v) is 9.12. The Morgan fingerprint density at radius 3 is 2.56 bits per heavy atom. The van der Waals surface area contributed by atoms with Gasteiger partial charge in [0.1, 0.15) is 0 Å². The molecule has 0 unspecified atom stereocenters. The second-order valence-electron chi connectivity index (χ2n) is 5.54. The lowest BCUT2D eigenvalue weighted by Crippen LogP contribution is -2.39. The van der Waals surface area contributed by atoms with E-state index in [-0.39, 0.29) is 29.9 Å². The first-order valence-electron chi connectivity index (χ1n) is 8.14. The highest BCUT2D eigenvalue weighted by Gasteiger charge is 2.09. The fourth-order valence-electron chi connectivity index (χ4n) is 1.97. The molecular formula is C17H26IN5OS. The van der Waals surface area contributed by atoms with Crippen molar-refractivity contribution in [1.82, 2.24) is 20.8 Å². The summed E-state index contributed by atoms with van der Waals surface area (Å²) in [5.41, 5.74) is 0. The van der Waals surface area contributed by atoms with Crippen LogP contribution in [0.3, 0.4) is 0 Å². The van der Waals surface area contributed by atoms with Crippen LogP contribution in [0.4, 0.5) is 0 Å². The van der Waals surface area contributed by atoms with E-state index in [1.54, 1.807) is 7.05 Å². The second-order valence-corrected chi connectivity index (χ2v) is 6.71. The van der Waals surface area contributed by atoms with Gasteiger partial charge in [0.05, 0.1) is 0 Å². The molecule has 0 aliphatic carbocycles. The summed E-state index contributed by atoms with van der Waals surface area (Å²) in [7, 11) is 1.77. The summed E-state index contributed by atoms with van der Waals surface area (Å²) in [6.07, 6.45) is 0.680. The maximum Gasteiger partial charge on any atom is 0.228 e. The molecule has 1 heterocycles. The van der Waals surface area contributed by atoms with Crippen LogP contribution in [0, 0.1) is 0 Å². The minimum Gasteiger partial charge on any atom is -0.356 e. The number of aliphatic imine (C=N–C) groups is 1. The lowest BCUT2D eigenvalue weighted by Gasteiger charge is -2.10. The first kappa shape index (κ1) is 21.8. The Balaban J connectivity index is 0.00000312. The van der Waals surface area contributed by atoms with Crippen molar-refractivity contribution >= 4 is 41.7 Å². The maximum absolute atomic E-state index is 5.22. The third-order valence-corrected chi connectivity index (χ3v) is 4.28. The van der Waals surface area contributed by atoms with Crippen LogP contribution in [-0.2, 0) is 6.42 Å². The van der Waals surface area contributed by atoms with Crippen LogP contribution in [0.25, 0.3) is 0 Å². The monoisotopic (exact) mass is 475 g/mol. The van der Waals surface area contributed by atoms with E-state index in [4.69, 9.17) is 4.52 Å². The van der Waals surface area contributed by atoms with Crippen LogP contribution in [0.15, 0.2) is 44.7 Å². The van der Waals surface area contributed by atoms with Crippen LogP contribution >= 0.6 is 35.7 Å². The summed E-state index contributed by atoms with van der Waals surface area (Å²) < 4.78 is 5.22. The summed E-state index contributed by atoms with van der Waals surface area (Å²) >= 11 is 1.82. The fourth-order valence-corrected chi connectivity index (χ4v) is 2.76. The average molecular weight is 475 g/mol. The predicted octanol–water partition coefficient (Wildman–Crippen LogP) is 3.31. The van der Waals surface area contributed by atoms with E-state index < -0.39 is 0 Å². The van der Waals surface area contributed by atoms with Crippen molar-refractivity contribution < 1.29 is 4.52 Å². The Labute approximate surface area is 170 Å². The molecule has 0 saturated heterocycles. The summed E-state index contributed by atoms with van der Waals surface area (Å²) in [5, 5.41) is 10.5. The van der Waals surface area contributed by atoms with E-state index >= 15 is 0 Å². The molecule has 0 bridgehead atoms. The van der Waals surface area contributed by atoms with Gasteiger partial charge in [0.25, 0.3) is 0 Å². The van der Waals surface area contributed by atoms with E-state index in [9.17, 15) is 0 Å². The van der Waals surface area contributed by atoms with Gasteiger partial charge < -0.3 is 15.2 Å². The lowest BCUT2D eigenvalue weighted by atomic mass is 10.2. The highest BCUT2D eigenvalue weighted by Crippen LogP contribution is 2.15. The van der Waals surface area contributed by atoms with E-state index in [2.05, 4.69) is 50.0 Å². The molecule has 25 heavy (non-hydrogen) atoms. The highest BCUT2D eigenvalue weighted by atomic mass is 127.